The molecule has 0 saturated heterocycles. The van der Waals surface area contributed by atoms with Crippen LogP contribution in [0.25, 0.3) is 0 Å². The molecule has 0 amide bonds. The average molecular weight is 523 g/mol. The Morgan fingerprint density at radius 2 is 1.57 bits per heavy atom. The van der Waals surface area contributed by atoms with E-state index in [1.54, 1.807) is 19.2 Å². The first kappa shape index (κ1) is 31.0. The third kappa shape index (κ3) is 11.0. The van der Waals surface area contributed by atoms with Crippen molar-refractivity contribution in [2.45, 2.75) is 12.8 Å². The van der Waals surface area contributed by atoms with E-state index in [-0.39, 0.29) is 16.9 Å². The van der Waals surface area contributed by atoms with Crippen LogP contribution in [-0.2, 0) is 30.1 Å². The van der Waals surface area contributed by atoms with Gasteiger partial charge in [-0.15, -0.1) is 0 Å². The van der Waals surface area contributed by atoms with E-state index >= 15 is 0 Å². The number of likely N-dealkylation sites (N-methyl/N-ethyl adjacent to an activating group) is 1. The summed E-state index contributed by atoms with van der Waals surface area (Å²) in [6, 6.07) is 8.12. The van der Waals surface area contributed by atoms with Crippen LogP contribution in [0.15, 0.2) is 39.9 Å². The van der Waals surface area contributed by atoms with Gasteiger partial charge < -0.3 is 25.3 Å². The first-order chi connectivity index (χ1) is 17.3. The molecule has 1 aromatic heterocycles. The van der Waals surface area contributed by atoms with E-state index in [1.807, 2.05) is 14.1 Å². The number of carbonyl (C=O) groups is 2. The molecule has 2 rings (SSSR count). The molecule has 14 heteroatoms. The number of aromatic nitrogens is 2. The zero-order valence-corrected chi connectivity index (χ0v) is 21.4. The summed E-state index contributed by atoms with van der Waals surface area (Å²) >= 11 is 0. The maximum atomic E-state index is 12.1. The summed E-state index contributed by atoms with van der Waals surface area (Å²) < 4.78 is 2.51. The van der Waals surface area contributed by atoms with E-state index in [0.29, 0.717) is 12.4 Å². The lowest BCUT2D eigenvalue weighted by Gasteiger charge is -2.24. The fourth-order valence-electron chi connectivity index (χ4n) is 3.21. The van der Waals surface area contributed by atoms with Gasteiger partial charge in [0.1, 0.15) is 5.82 Å². The second-order valence-corrected chi connectivity index (χ2v) is 8.48. The molecule has 1 heterocycles. The molecule has 204 valence electrons. The van der Waals surface area contributed by atoms with Gasteiger partial charge in [-0.05, 0) is 39.0 Å². The van der Waals surface area contributed by atoms with Crippen molar-refractivity contribution in [1.29, 1.82) is 0 Å². The zero-order valence-electron chi connectivity index (χ0n) is 21.4. The Morgan fingerprint density at radius 1 is 0.973 bits per heavy atom. The van der Waals surface area contributed by atoms with Crippen LogP contribution in [0, 0.1) is 10.1 Å². The third-order valence-corrected chi connectivity index (χ3v) is 5.39. The van der Waals surface area contributed by atoms with Crippen LogP contribution in [0.2, 0.25) is 0 Å². The molecule has 0 saturated carbocycles. The van der Waals surface area contributed by atoms with Crippen LogP contribution >= 0.6 is 0 Å². The van der Waals surface area contributed by atoms with Crippen LogP contribution in [0.5, 0.6) is 0 Å². The van der Waals surface area contributed by atoms with Crippen LogP contribution in [0.4, 0.5) is 11.5 Å². The van der Waals surface area contributed by atoms with Gasteiger partial charge in [0, 0.05) is 58.5 Å². The molecule has 0 aliphatic rings. The van der Waals surface area contributed by atoms with Gasteiger partial charge in [0.2, 0.25) is 0 Å². The molecule has 0 atom stereocenters. The van der Waals surface area contributed by atoms with Gasteiger partial charge in [-0.1, -0.05) is 12.1 Å². The van der Waals surface area contributed by atoms with E-state index in [9.17, 15) is 19.7 Å². The van der Waals surface area contributed by atoms with Crippen LogP contribution in [0.3, 0.4) is 0 Å². The molecule has 0 fully saturated rings. The Hall–Kier alpha value is -4.04. The van der Waals surface area contributed by atoms with Gasteiger partial charge in [-0.3, -0.25) is 24.0 Å². The van der Waals surface area contributed by atoms with Crippen LogP contribution < -0.4 is 16.6 Å². The second-order valence-electron chi connectivity index (χ2n) is 8.48. The highest BCUT2D eigenvalue weighted by atomic mass is 16.6. The Labute approximate surface area is 213 Å². The molecule has 2 aromatic rings. The summed E-state index contributed by atoms with van der Waals surface area (Å²) in [5.41, 5.74) is 0.486. The summed E-state index contributed by atoms with van der Waals surface area (Å²) in [5.74, 6) is -3.14. The topological polar surface area (TPSA) is 180 Å². The highest BCUT2D eigenvalue weighted by molar-refractivity contribution is 6.27. The maximum Gasteiger partial charge on any atom is 0.414 e. The molecule has 0 bridgehead atoms. The summed E-state index contributed by atoms with van der Waals surface area (Å²) in [5, 5.41) is 28.7. The number of aryl methyl sites for hydroxylation is 1. The molecule has 0 aliphatic heterocycles. The number of aliphatic carboxylic acids is 2. The Bertz CT molecular complexity index is 1160. The molecule has 0 radical (unpaired) electrons. The van der Waals surface area contributed by atoms with Crippen LogP contribution in [-0.4, -0.2) is 92.8 Å². The summed E-state index contributed by atoms with van der Waals surface area (Å²) in [6.45, 7) is 4.05. The molecular formula is C23H34N6O8. The van der Waals surface area contributed by atoms with E-state index in [4.69, 9.17) is 19.8 Å². The SMILES string of the molecule is CN(C)CCN(CCCc1ccc([N+](=O)[O-])cc1)CCNc1cc(=O)n(C)c(=O)n1C.O=C(O)C(=O)O. The molecule has 1 aromatic carbocycles. The van der Waals surface area contributed by atoms with Gasteiger partial charge >= 0.3 is 17.6 Å². The maximum absolute atomic E-state index is 12.1. The number of benzene rings is 1. The van der Waals surface area contributed by atoms with Crippen molar-refractivity contribution in [2.75, 3.05) is 52.1 Å². The average Bonchev–Trinajstić information content (AvgIpc) is 2.84. The van der Waals surface area contributed by atoms with Crippen molar-refractivity contribution in [2.24, 2.45) is 14.1 Å². The fourth-order valence-corrected chi connectivity index (χ4v) is 3.21. The van der Waals surface area contributed by atoms with Crippen molar-refractivity contribution in [1.82, 2.24) is 18.9 Å². The molecule has 14 nitrogen and oxygen atoms in total. The molecule has 0 unspecified atom stereocenters. The lowest BCUT2D eigenvalue weighted by atomic mass is 10.1. The number of rotatable bonds is 12. The number of non-ortho nitro benzene ring substituents is 1. The molecular weight excluding hydrogens is 488 g/mol. The van der Waals surface area contributed by atoms with E-state index in [2.05, 4.69) is 15.1 Å². The zero-order chi connectivity index (χ0) is 28.1. The number of carboxylic acids is 2. The lowest BCUT2D eigenvalue weighted by Crippen LogP contribution is -2.39. The predicted octanol–water partition coefficient (Wildman–Crippen LogP) is 0.0561. The number of nitrogens with zero attached hydrogens (tertiary/aromatic N) is 5. The van der Waals surface area contributed by atoms with Gasteiger partial charge in [0.05, 0.1) is 4.92 Å². The second kappa shape index (κ2) is 15.2. The monoisotopic (exact) mass is 522 g/mol. The number of hydrogen-bond acceptors (Lipinski definition) is 9. The highest BCUT2D eigenvalue weighted by Gasteiger charge is 2.09. The molecule has 0 aliphatic carbocycles. The van der Waals surface area contributed by atoms with E-state index in [0.717, 1.165) is 49.2 Å². The fraction of sp³-hybridized carbons (Fsp3) is 0.478. The smallest absolute Gasteiger partial charge is 0.414 e. The first-order valence-corrected chi connectivity index (χ1v) is 11.4. The summed E-state index contributed by atoms with van der Waals surface area (Å²) in [7, 11) is 7.16. The number of anilines is 1. The summed E-state index contributed by atoms with van der Waals surface area (Å²) in [4.78, 5) is 57.0. The van der Waals surface area contributed by atoms with E-state index < -0.39 is 16.9 Å². The van der Waals surface area contributed by atoms with Gasteiger partial charge in [-0.2, -0.15) is 0 Å². The number of hydrogen-bond donors (Lipinski definition) is 3. The Balaban J connectivity index is 0.00000102. The van der Waals surface area contributed by atoms with Crippen molar-refractivity contribution in [3.8, 4) is 0 Å². The first-order valence-electron chi connectivity index (χ1n) is 11.4. The molecule has 37 heavy (non-hydrogen) atoms. The quantitative estimate of drug-likeness (QED) is 0.195. The minimum absolute atomic E-state index is 0.104. The van der Waals surface area contributed by atoms with Crippen molar-refractivity contribution < 1.29 is 24.7 Å². The normalized spacial score (nSPS) is 10.6. The molecule has 3 N–H and O–H groups in total. The minimum Gasteiger partial charge on any atom is -0.473 e. The summed E-state index contributed by atoms with van der Waals surface area (Å²) in [6.07, 6.45) is 1.77. The largest absolute Gasteiger partial charge is 0.473 e. The highest BCUT2D eigenvalue weighted by Crippen LogP contribution is 2.13. The van der Waals surface area contributed by atoms with Gasteiger partial charge in [0.15, 0.2) is 0 Å². The lowest BCUT2D eigenvalue weighted by molar-refractivity contribution is -0.384. The van der Waals surface area contributed by atoms with Crippen molar-refractivity contribution >= 4 is 23.4 Å². The predicted molar refractivity (Wildman–Crippen MR) is 137 cm³/mol. The van der Waals surface area contributed by atoms with E-state index in [1.165, 1.54) is 29.8 Å². The Kier molecular flexibility index (Phi) is 12.7. The van der Waals surface area contributed by atoms with Crippen molar-refractivity contribution in [3.63, 3.8) is 0 Å². The number of nitrogens with one attached hydrogen (secondary N) is 1. The standard InChI is InChI=1S/C21H32N6O4.C2H2O4/c1-23(2)14-15-26(12-5-6-17-7-9-18(10-8-17)27(30)31)13-11-22-19-16-20(28)25(4)21(29)24(19)3;3-1(4)2(5)6/h7-10,16,22H,5-6,11-15H2,1-4H3;(H,3,4)(H,5,6). The number of nitro groups is 1. The Morgan fingerprint density at radius 3 is 2.08 bits per heavy atom. The minimum atomic E-state index is -1.82. The molecule has 0 spiro atoms. The van der Waals surface area contributed by atoms with Gasteiger partial charge in [0.25, 0.3) is 11.2 Å². The van der Waals surface area contributed by atoms with Crippen molar-refractivity contribution in [3.05, 3.63) is 66.8 Å². The number of nitro benzene ring substituents is 1. The third-order valence-electron chi connectivity index (χ3n) is 5.39. The van der Waals surface area contributed by atoms with Gasteiger partial charge in [-0.25, -0.2) is 14.4 Å². The van der Waals surface area contributed by atoms with Crippen LogP contribution in [0.1, 0.15) is 12.0 Å². The number of carboxylic acid groups (broad SMARTS) is 2.